The summed E-state index contributed by atoms with van der Waals surface area (Å²) in [6.45, 7) is -1.24. The van der Waals surface area contributed by atoms with Crippen LogP contribution in [0, 0.1) is 0 Å². The third kappa shape index (κ3) is 6.44. The number of aromatic hydroxyl groups is 11. The van der Waals surface area contributed by atoms with Gasteiger partial charge in [-0.1, -0.05) is 0 Å². The van der Waals surface area contributed by atoms with Crippen LogP contribution in [0.4, 0.5) is 0 Å². The highest BCUT2D eigenvalue weighted by Gasteiger charge is 2.62. The maximum absolute atomic E-state index is 14.5. The number of phenols is 11. The zero-order chi connectivity index (χ0) is 48.5. The maximum atomic E-state index is 14.5. The van der Waals surface area contributed by atoms with E-state index in [1.807, 2.05) is 0 Å². The van der Waals surface area contributed by atoms with Crippen molar-refractivity contribution < 1.29 is 128 Å². The minimum Gasteiger partial charge on any atom is -0.504 e. The van der Waals surface area contributed by atoms with Gasteiger partial charge < -0.3 is 99.5 Å². The lowest BCUT2D eigenvalue weighted by Gasteiger charge is -2.44. The van der Waals surface area contributed by atoms with Crippen molar-refractivity contribution in [2.75, 3.05) is 6.61 Å². The zero-order valence-corrected chi connectivity index (χ0v) is 32.8. The summed E-state index contributed by atoms with van der Waals surface area (Å²) in [7, 11) is 0. The average Bonchev–Trinajstić information content (AvgIpc) is 3.68. The lowest BCUT2D eigenvalue weighted by molar-refractivity contribution is -0.287. The first-order chi connectivity index (χ1) is 31.5. The number of ether oxygens (including phenoxy) is 7. The number of carbonyl (C=O) groups excluding carboxylic acids is 6. The van der Waals surface area contributed by atoms with Crippen LogP contribution in [0.1, 0.15) is 52.9 Å². The number of hydrogen-bond acceptors (Lipinski definition) is 26. The smallest absolute Gasteiger partial charge is 0.341 e. The van der Waals surface area contributed by atoms with Crippen molar-refractivity contribution in [3.05, 3.63) is 69.8 Å². The Morgan fingerprint density at radius 1 is 0.582 bits per heavy atom. The topological polar surface area (TPSA) is 430 Å². The molecule has 0 spiro atoms. The Morgan fingerprint density at radius 2 is 1.10 bits per heavy atom. The Hall–Kier alpha value is -8.88. The van der Waals surface area contributed by atoms with Crippen LogP contribution in [0.15, 0.2) is 42.0 Å². The van der Waals surface area contributed by atoms with Crippen molar-refractivity contribution in [1.29, 1.82) is 0 Å². The molecule has 9 rings (SSSR count). The molecule has 4 aromatic carbocycles. The summed E-state index contributed by atoms with van der Waals surface area (Å²) in [5.74, 6) is -30.1. The molecule has 348 valence electrons. The molecule has 0 radical (unpaired) electrons. The molecule has 26 heteroatoms. The Kier molecular flexibility index (Phi) is 9.60. The number of esters is 5. The van der Waals surface area contributed by atoms with Gasteiger partial charge in [-0.3, -0.25) is 4.79 Å². The predicted octanol–water partition coefficient (Wildman–Crippen LogP) is -0.422. The monoisotopic (exact) mass is 936 g/mol. The standard InChI is InChI=1S/C41H28O26/c42-13-1-8(2-14(43)24(13)48)35(54)65-32-30-18-7-61-36(55)9-3-15(44)25(49)28(52)20(9)21-10(4-16(45)26(50)29(21)53)39(58)67-40(62-18)33(32)66-38(57)12-6-19(47)41(59,60)34-23(12)22-11(37(56)64-30)5-17(46)27(51)31(22)63-34/h1-6,18,23,30,32-34,40,42-46,48-53,59-60H,7H2/t18-,23+,30-,32+,33-,34-,40+/m1/s1. The molecular formula is C41H28O26. The van der Waals surface area contributed by atoms with Crippen LogP contribution in [0.5, 0.6) is 69.0 Å². The van der Waals surface area contributed by atoms with Crippen LogP contribution in [0.3, 0.4) is 0 Å². The summed E-state index contributed by atoms with van der Waals surface area (Å²) < 4.78 is 39.6. The number of rotatable bonds is 2. The second-order valence-electron chi connectivity index (χ2n) is 15.3. The highest BCUT2D eigenvalue weighted by Crippen LogP contribution is 2.57. The van der Waals surface area contributed by atoms with Gasteiger partial charge in [-0.25, -0.2) is 24.0 Å². The van der Waals surface area contributed by atoms with Gasteiger partial charge in [0.2, 0.25) is 35.4 Å². The van der Waals surface area contributed by atoms with Crippen molar-refractivity contribution in [3.8, 4) is 80.1 Å². The van der Waals surface area contributed by atoms with E-state index in [9.17, 15) is 95.2 Å². The van der Waals surface area contributed by atoms with Crippen molar-refractivity contribution in [1.82, 2.24) is 0 Å². The van der Waals surface area contributed by atoms with E-state index in [2.05, 4.69) is 0 Å². The summed E-state index contributed by atoms with van der Waals surface area (Å²) >= 11 is 0. The molecule has 4 aromatic rings. The fourth-order valence-electron chi connectivity index (χ4n) is 8.21. The van der Waals surface area contributed by atoms with E-state index < -0.39 is 204 Å². The van der Waals surface area contributed by atoms with E-state index in [0.29, 0.717) is 36.4 Å². The van der Waals surface area contributed by atoms with Crippen LogP contribution in [0.25, 0.3) is 11.1 Å². The Morgan fingerprint density at radius 3 is 1.72 bits per heavy atom. The maximum Gasteiger partial charge on any atom is 0.341 e. The molecule has 4 aliphatic heterocycles. The fourth-order valence-corrected chi connectivity index (χ4v) is 8.21. The van der Waals surface area contributed by atoms with Crippen molar-refractivity contribution in [3.63, 3.8) is 0 Å². The number of cyclic esters (lactones) is 1. The molecule has 26 nitrogen and oxygen atoms in total. The molecule has 7 atom stereocenters. The van der Waals surface area contributed by atoms with Crippen LogP contribution < -0.4 is 4.74 Å². The summed E-state index contributed by atoms with van der Waals surface area (Å²) in [4.78, 5) is 84.5. The molecule has 0 saturated carbocycles. The number of aliphatic hydroxyl groups is 2. The summed E-state index contributed by atoms with van der Waals surface area (Å²) in [6.07, 6.45) is -13.9. The first-order valence-electron chi connectivity index (χ1n) is 19.0. The van der Waals surface area contributed by atoms with Crippen LogP contribution in [-0.4, -0.2) is 151 Å². The number of hydrogen-bond donors (Lipinski definition) is 13. The van der Waals surface area contributed by atoms with E-state index in [1.54, 1.807) is 0 Å². The molecule has 1 fully saturated rings. The number of benzene rings is 4. The van der Waals surface area contributed by atoms with E-state index in [1.165, 1.54) is 0 Å². The molecule has 5 aliphatic rings. The molecule has 1 aliphatic carbocycles. The SMILES string of the molecule is O=C1O[C@H]2[C@@H]3OC(=O)c4cc(O)c(O)c(O)c4-c4c(cc(O)c(O)c4O)C(=O)OC[C@@H](O3)[C@@H](OC(=O)c3cc(O)c(O)c4c3[C@@H]3C1=CC(=O)C(O)(O)[C@@H]3O4)[C@@H]2OC(=O)c1cc(O)c(O)c(O)c1. The highest BCUT2D eigenvalue weighted by atomic mass is 16.7. The van der Waals surface area contributed by atoms with Crippen molar-refractivity contribution in [2.45, 2.75) is 48.5 Å². The van der Waals surface area contributed by atoms with E-state index in [4.69, 9.17) is 33.2 Å². The van der Waals surface area contributed by atoms with Gasteiger partial charge in [0.25, 0.3) is 5.79 Å². The first kappa shape index (κ1) is 43.4. The quantitative estimate of drug-likeness (QED) is 0.0525. The van der Waals surface area contributed by atoms with Gasteiger partial charge >= 0.3 is 29.8 Å². The second-order valence-corrected chi connectivity index (χ2v) is 15.3. The molecule has 0 unspecified atom stereocenters. The normalized spacial score (nSPS) is 24.8. The van der Waals surface area contributed by atoms with Crippen LogP contribution in [0.2, 0.25) is 0 Å². The Balaban J connectivity index is 1.28. The van der Waals surface area contributed by atoms with Gasteiger partial charge in [0.1, 0.15) is 12.7 Å². The van der Waals surface area contributed by atoms with Gasteiger partial charge in [-0.2, -0.15) is 0 Å². The van der Waals surface area contributed by atoms with Crippen LogP contribution >= 0.6 is 0 Å². The molecule has 4 bridgehead atoms. The fraction of sp³-hybridized carbons (Fsp3) is 0.220. The van der Waals surface area contributed by atoms with Gasteiger partial charge in [0.05, 0.1) is 33.7 Å². The van der Waals surface area contributed by atoms with Gasteiger partial charge in [-0.15, -0.1) is 0 Å². The highest BCUT2D eigenvalue weighted by molar-refractivity contribution is 6.09. The second kappa shape index (κ2) is 14.8. The van der Waals surface area contributed by atoms with E-state index in [-0.39, 0.29) is 0 Å². The lowest BCUT2D eigenvalue weighted by Crippen LogP contribution is -2.63. The summed E-state index contributed by atoms with van der Waals surface area (Å²) in [5, 5.41) is 138. The number of carbonyl (C=O) groups is 6. The lowest BCUT2D eigenvalue weighted by atomic mass is 9.76. The van der Waals surface area contributed by atoms with E-state index >= 15 is 0 Å². The molecular weight excluding hydrogens is 908 g/mol. The first-order valence-corrected chi connectivity index (χ1v) is 19.0. The van der Waals surface area contributed by atoms with Gasteiger partial charge in [0, 0.05) is 16.7 Å². The number of phenolic OH excluding ortho intramolecular Hbond substituents is 11. The van der Waals surface area contributed by atoms with E-state index in [0.717, 1.165) is 0 Å². The van der Waals surface area contributed by atoms with Gasteiger partial charge in [0.15, 0.2) is 70.1 Å². The Bertz CT molecular complexity index is 2960. The molecule has 67 heavy (non-hydrogen) atoms. The van der Waals surface area contributed by atoms with Gasteiger partial charge in [-0.05, 0) is 36.4 Å². The van der Waals surface area contributed by atoms with Crippen molar-refractivity contribution >= 4 is 35.6 Å². The molecule has 1 saturated heterocycles. The third-order valence-corrected chi connectivity index (χ3v) is 11.4. The summed E-state index contributed by atoms with van der Waals surface area (Å²) in [5.41, 5.74) is -7.37. The van der Waals surface area contributed by atoms with Crippen molar-refractivity contribution in [2.24, 2.45) is 0 Å². The predicted molar refractivity (Wildman–Crippen MR) is 203 cm³/mol. The zero-order valence-electron chi connectivity index (χ0n) is 32.8. The summed E-state index contributed by atoms with van der Waals surface area (Å²) in [6, 6.07) is 2.58. The molecule has 4 heterocycles. The minimum atomic E-state index is -3.52. The molecule has 0 aromatic heterocycles. The third-order valence-electron chi connectivity index (χ3n) is 11.4. The molecule has 13 N–H and O–H groups in total. The minimum absolute atomic E-state index is 0.337. The number of ketones is 1. The van der Waals surface area contributed by atoms with Crippen LogP contribution in [-0.2, 0) is 38.0 Å². The largest absolute Gasteiger partial charge is 0.504 e. The average molecular weight is 937 g/mol. The number of fused-ring (bicyclic) bond motifs is 9. The molecule has 0 amide bonds. The Labute approximate surface area is 368 Å².